The number of benzene rings is 1. The fourth-order valence-electron chi connectivity index (χ4n) is 1.90. The molecule has 3 unspecified atom stereocenters. The first-order chi connectivity index (χ1) is 7.13. The Hall–Kier alpha value is -0.540. The maximum Gasteiger partial charge on any atom is 0.120 e. The van der Waals surface area contributed by atoms with E-state index in [0.717, 1.165) is 22.2 Å². The van der Waals surface area contributed by atoms with Crippen molar-refractivity contribution in [2.45, 2.75) is 19.4 Å². The van der Waals surface area contributed by atoms with E-state index in [9.17, 15) is 5.11 Å². The zero-order valence-corrected chi connectivity index (χ0v) is 10.5. The number of aliphatic hydroxyl groups is 1. The average molecular weight is 271 g/mol. The molecular formula is C12H15BrO2. The zero-order valence-electron chi connectivity index (χ0n) is 8.90. The highest BCUT2D eigenvalue weighted by atomic mass is 79.9. The number of hydrogen-bond acceptors (Lipinski definition) is 2. The molecule has 2 nitrogen and oxygen atoms in total. The Morgan fingerprint density at radius 2 is 2.20 bits per heavy atom. The first kappa shape index (κ1) is 11.0. The third-order valence-corrected chi connectivity index (χ3v) is 3.79. The van der Waals surface area contributed by atoms with Crippen LogP contribution in [0.3, 0.4) is 0 Å². The first-order valence-electron chi connectivity index (χ1n) is 5.15. The Morgan fingerprint density at radius 3 is 2.67 bits per heavy atom. The lowest BCUT2D eigenvalue weighted by atomic mass is 10.0. The number of halogens is 1. The standard InChI is InChI=1S/C12H15BrO2/c1-7-5-10(7)12(14)9-4-3-8(15-2)6-11(9)13/h3-4,6-7,10,12,14H,5H2,1-2H3. The number of aliphatic hydroxyl groups excluding tert-OH is 1. The minimum Gasteiger partial charge on any atom is -0.497 e. The van der Waals surface area contributed by atoms with Gasteiger partial charge in [-0.3, -0.25) is 0 Å². The minimum atomic E-state index is -0.347. The Bertz CT molecular complexity index is 365. The summed E-state index contributed by atoms with van der Waals surface area (Å²) in [5, 5.41) is 10.1. The summed E-state index contributed by atoms with van der Waals surface area (Å²) in [6.45, 7) is 2.17. The van der Waals surface area contributed by atoms with E-state index < -0.39 is 0 Å². The molecule has 2 rings (SSSR count). The van der Waals surface area contributed by atoms with Crippen LogP contribution in [0.15, 0.2) is 22.7 Å². The summed E-state index contributed by atoms with van der Waals surface area (Å²) in [5.74, 6) is 1.88. The lowest BCUT2D eigenvalue weighted by Gasteiger charge is -2.13. The van der Waals surface area contributed by atoms with Crippen molar-refractivity contribution in [3.63, 3.8) is 0 Å². The number of rotatable bonds is 3. The lowest BCUT2D eigenvalue weighted by Crippen LogP contribution is -2.02. The van der Waals surface area contributed by atoms with E-state index >= 15 is 0 Å². The molecular weight excluding hydrogens is 256 g/mol. The summed E-state index contributed by atoms with van der Waals surface area (Å²) in [7, 11) is 1.64. The molecule has 0 amide bonds. The summed E-state index contributed by atoms with van der Waals surface area (Å²) in [6.07, 6.45) is 0.778. The summed E-state index contributed by atoms with van der Waals surface area (Å²) < 4.78 is 6.04. The van der Waals surface area contributed by atoms with Crippen molar-refractivity contribution < 1.29 is 9.84 Å². The highest BCUT2D eigenvalue weighted by Gasteiger charge is 2.39. The van der Waals surface area contributed by atoms with Crippen molar-refractivity contribution in [3.05, 3.63) is 28.2 Å². The van der Waals surface area contributed by atoms with E-state index in [1.54, 1.807) is 7.11 Å². The lowest BCUT2D eigenvalue weighted by molar-refractivity contribution is 0.147. The van der Waals surface area contributed by atoms with E-state index in [4.69, 9.17) is 4.74 Å². The van der Waals surface area contributed by atoms with Crippen molar-refractivity contribution in [3.8, 4) is 5.75 Å². The molecule has 3 heteroatoms. The maximum absolute atomic E-state index is 10.1. The van der Waals surface area contributed by atoms with Gasteiger partial charge in [-0.25, -0.2) is 0 Å². The van der Waals surface area contributed by atoms with Crippen LogP contribution in [0.1, 0.15) is 25.0 Å². The van der Waals surface area contributed by atoms with Crippen molar-refractivity contribution >= 4 is 15.9 Å². The molecule has 1 aliphatic carbocycles. The number of methoxy groups -OCH3 is 1. The average Bonchev–Trinajstić information content (AvgIpc) is 2.94. The molecule has 0 spiro atoms. The highest BCUT2D eigenvalue weighted by Crippen LogP contribution is 2.48. The van der Waals surface area contributed by atoms with Crippen LogP contribution >= 0.6 is 15.9 Å². The van der Waals surface area contributed by atoms with Gasteiger partial charge in [0.1, 0.15) is 5.75 Å². The fraction of sp³-hybridized carbons (Fsp3) is 0.500. The van der Waals surface area contributed by atoms with E-state index in [0.29, 0.717) is 11.8 Å². The van der Waals surface area contributed by atoms with Crippen LogP contribution < -0.4 is 4.74 Å². The quantitative estimate of drug-likeness (QED) is 0.915. The molecule has 3 atom stereocenters. The monoisotopic (exact) mass is 270 g/mol. The normalized spacial score (nSPS) is 26.1. The van der Waals surface area contributed by atoms with Gasteiger partial charge in [-0.1, -0.05) is 28.9 Å². The van der Waals surface area contributed by atoms with Gasteiger partial charge in [0.05, 0.1) is 13.2 Å². The van der Waals surface area contributed by atoms with E-state index in [2.05, 4.69) is 22.9 Å². The highest BCUT2D eigenvalue weighted by molar-refractivity contribution is 9.10. The topological polar surface area (TPSA) is 29.5 Å². The second-order valence-electron chi connectivity index (χ2n) is 4.21. The fourth-order valence-corrected chi connectivity index (χ4v) is 2.49. The molecule has 1 aliphatic rings. The molecule has 82 valence electrons. The van der Waals surface area contributed by atoms with Crippen molar-refractivity contribution in [2.75, 3.05) is 7.11 Å². The van der Waals surface area contributed by atoms with Crippen LogP contribution in [-0.2, 0) is 0 Å². The first-order valence-corrected chi connectivity index (χ1v) is 5.94. The molecule has 1 aromatic rings. The SMILES string of the molecule is COc1ccc(C(O)C2CC2C)c(Br)c1. The van der Waals surface area contributed by atoms with Gasteiger partial charge in [-0.2, -0.15) is 0 Å². The molecule has 1 N–H and O–H groups in total. The molecule has 0 radical (unpaired) electrons. The van der Waals surface area contributed by atoms with Crippen molar-refractivity contribution in [2.24, 2.45) is 11.8 Å². The second kappa shape index (κ2) is 4.14. The molecule has 0 aliphatic heterocycles. The van der Waals surface area contributed by atoms with Crippen LogP contribution in [0.2, 0.25) is 0 Å². The number of hydrogen-bond donors (Lipinski definition) is 1. The molecule has 1 fully saturated rings. The van der Waals surface area contributed by atoms with Crippen LogP contribution in [0.5, 0.6) is 5.75 Å². The zero-order chi connectivity index (χ0) is 11.0. The summed E-state index contributed by atoms with van der Waals surface area (Å²) in [5.41, 5.74) is 0.963. The minimum absolute atomic E-state index is 0.347. The Kier molecular flexibility index (Phi) is 3.03. The van der Waals surface area contributed by atoms with Crippen LogP contribution in [-0.4, -0.2) is 12.2 Å². The molecule has 1 aromatic carbocycles. The summed E-state index contributed by atoms with van der Waals surface area (Å²) in [4.78, 5) is 0. The predicted molar refractivity (Wildman–Crippen MR) is 62.9 cm³/mol. The van der Waals surface area contributed by atoms with Crippen molar-refractivity contribution in [1.82, 2.24) is 0 Å². The molecule has 0 heterocycles. The Morgan fingerprint density at radius 1 is 1.53 bits per heavy atom. The van der Waals surface area contributed by atoms with Gasteiger partial charge in [-0.05, 0) is 36.0 Å². The predicted octanol–water partition coefficient (Wildman–Crippen LogP) is 3.15. The van der Waals surface area contributed by atoms with E-state index in [1.807, 2.05) is 18.2 Å². The third-order valence-electron chi connectivity index (χ3n) is 3.10. The Balaban J connectivity index is 2.21. The largest absolute Gasteiger partial charge is 0.497 e. The van der Waals surface area contributed by atoms with Gasteiger partial charge < -0.3 is 9.84 Å². The molecule has 0 aromatic heterocycles. The molecule has 15 heavy (non-hydrogen) atoms. The smallest absolute Gasteiger partial charge is 0.120 e. The number of ether oxygens (including phenoxy) is 1. The van der Waals surface area contributed by atoms with Gasteiger partial charge >= 0.3 is 0 Å². The second-order valence-corrected chi connectivity index (χ2v) is 5.06. The van der Waals surface area contributed by atoms with E-state index in [-0.39, 0.29) is 6.10 Å². The van der Waals surface area contributed by atoms with Gasteiger partial charge in [0.25, 0.3) is 0 Å². The maximum atomic E-state index is 10.1. The molecule has 1 saturated carbocycles. The van der Waals surface area contributed by atoms with Crippen LogP contribution in [0.4, 0.5) is 0 Å². The van der Waals surface area contributed by atoms with E-state index in [1.165, 1.54) is 0 Å². The molecule has 0 bridgehead atoms. The molecule has 0 saturated heterocycles. The summed E-state index contributed by atoms with van der Waals surface area (Å²) in [6, 6.07) is 5.71. The third kappa shape index (κ3) is 2.18. The van der Waals surface area contributed by atoms with Gasteiger partial charge in [0.2, 0.25) is 0 Å². The van der Waals surface area contributed by atoms with Crippen LogP contribution in [0, 0.1) is 11.8 Å². The van der Waals surface area contributed by atoms with Gasteiger partial charge in [0.15, 0.2) is 0 Å². The van der Waals surface area contributed by atoms with Gasteiger partial charge in [0, 0.05) is 4.47 Å². The van der Waals surface area contributed by atoms with Gasteiger partial charge in [-0.15, -0.1) is 0 Å². The van der Waals surface area contributed by atoms with Crippen LogP contribution in [0.25, 0.3) is 0 Å². The summed E-state index contributed by atoms with van der Waals surface area (Å²) >= 11 is 3.46. The van der Waals surface area contributed by atoms with Crippen molar-refractivity contribution in [1.29, 1.82) is 0 Å². The Labute approximate surface area is 98.4 Å².